The van der Waals surface area contributed by atoms with Gasteiger partial charge in [-0.2, -0.15) is 0 Å². The Bertz CT molecular complexity index is 574. The van der Waals surface area contributed by atoms with Crippen molar-refractivity contribution in [2.24, 2.45) is 0 Å². The molecule has 1 heterocycles. The molecule has 0 bridgehead atoms. The molecule has 0 saturated carbocycles. The zero-order chi connectivity index (χ0) is 13.1. The smallest absolute Gasteiger partial charge is 0.358 e. The van der Waals surface area contributed by atoms with E-state index in [0.717, 1.165) is 16.9 Å². The monoisotopic (exact) mass is 247 g/mol. The lowest BCUT2D eigenvalue weighted by Crippen LogP contribution is -1.97. The summed E-state index contributed by atoms with van der Waals surface area (Å²) in [6.45, 7) is 4.12. The molecule has 0 radical (unpaired) electrons. The summed E-state index contributed by atoms with van der Waals surface area (Å²) in [7, 11) is 0. The maximum absolute atomic E-state index is 10.6. The van der Waals surface area contributed by atoms with Crippen LogP contribution in [0.15, 0.2) is 28.8 Å². The number of nitrogens with zero attached hydrogens (tertiary/aromatic N) is 1. The maximum atomic E-state index is 10.6. The van der Waals surface area contributed by atoms with Crippen molar-refractivity contribution in [2.75, 3.05) is 0 Å². The van der Waals surface area contributed by atoms with E-state index in [0.29, 0.717) is 5.76 Å². The molecule has 0 spiro atoms. The Hall–Kier alpha value is -2.30. The average molecular weight is 247 g/mol. The molecule has 1 aromatic carbocycles. The minimum atomic E-state index is -1.11. The second-order valence-corrected chi connectivity index (χ2v) is 3.97. The molecule has 18 heavy (non-hydrogen) atoms. The highest BCUT2D eigenvalue weighted by molar-refractivity contribution is 5.85. The topological polar surface area (TPSA) is 72.6 Å². The summed E-state index contributed by atoms with van der Waals surface area (Å²) >= 11 is 0. The third-order valence-corrected chi connectivity index (χ3v) is 2.70. The maximum Gasteiger partial charge on any atom is 0.358 e. The summed E-state index contributed by atoms with van der Waals surface area (Å²) in [6.07, 6.45) is 0. The summed E-state index contributed by atoms with van der Waals surface area (Å²) in [5.74, 6) is 0.0216. The molecule has 0 aliphatic carbocycles. The molecule has 2 rings (SSSR count). The lowest BCUT2D eigenvalue weighted by molar-refractivity contribution is 0.0685. The van der Waals surface area contributed by atoms with Crippen molar-refractivity contribution in [1.82, 2.24) is 5.16 Å². The largest absolute Gasteiger partial charge is 0.485 e. The quantitative estimate of drug-likeness (QED) is 0.898. The van der Waals surface area contributed by atoms with Crippen LogP contribution in [-0.2, 0) is 6.61 Å². The normalized spacial score (nSPS) is 10.3. The van der Waals surface area contributed by atoms with E-state index < -0.39 is 5.97 Å². The molecule has 0 aliphatic rings. The number of aryl methyl sites for hydroxylation is 1. The van der Waals surface area contributed by atoms with Gasteiger partial charge in [-0.05, 0) is 31.0 Å². The second-order valence-electron chi connectivity index (χ2n) is 3.97. The molecular formula is C13H13NO4. The highest BCUT2D eigenvalue weighted by atomic mass is 16.5. The first-order chi connectivity index (χ1) is 8.58. The lowest BCUT2D eigenvalue weighted by Gasteiger charge is -2.08. The Labute approximate surface area is 104 Å². The van der Waals surface area contributed by atoms with Gasteiger partial charge in [-0.25, -0.2) is 4.79 Å². The number of benzene rings is 1. The van der Waals surface area contributed by atoms with Gasteiger partial charge in [-0.15, -0.1) is 0 Å². The molecule has 2 aromatic rings. The highest BCUT2D eigenvalue weighted by Gasteiger charge is 2.11. The first-order valence-electron chi connectivity index (χ1n) is 5.46. The van der Waals surface area contributed by atoms with E-state index in [-0.39, 0.29) is 12.3 Å². The summed E-state index contributed by atoms with van der Waals surface area (Å²) in [6, 6.07) is 7.12. The molecule has 5 nitrogen and oxygen atoms in total. The molecule has 1 N–H and O–H groups in total. The fourth-order valence-corrected chi connectivity index (χ4v) is 1.51. The molecule has 1 aromatic heterocycles. The van der Waals surface area contributed by atoms with Gasteiger partial charge in [0.25, 0.3) is 0 Å². The fraction of sp³-hybridized carbons (Fsp3) is 0.231. The standard InChI is InChI=1S/C13H13NO4/c1-8-4-3-5-12(9(8)2)17-7-10-6-11(13(15)16)14-18-10/h3-6H,7H2,1-2H3,(H,15,16). The van der Waals surface area contributed by atoms with Gasteiger partial charge in [-0.3, -0.25) is 0 Å². The van der Waals surface area contributed by atoms with Crippen molar-refractivity contribution < 1.29 is 19.2 Å². The van der Waals surface area contributed by atoms with Crippen LogP contribution in [0.5, 0.6) is 5.75 Å². The Morgan fingerprint density at radius 1 is 1.44 bits per heavy atom. The Morgan fingerprint density at radius 3 is 2.89 bits per heavy atom. The van der Waals surface area contributed by atoms with Crippen molar-refractivity contribution in [2.45, 2.75) is 20.5 Å². The number of hydrogen-bond donors (Lipinski definition) is 1. The van der Waals surface area contributed by atoms with E-state index in [2.05, 4.69) is 5.16 Å². The average Bonchev–Trinajstić information content (AvgIpc) is 2.80. The van der Waals surface area contributed by atoms with E-state index in [9.17, 15) is 4.79 Å². The molecule has 0 saturated heterocycles. The van der Waals surface area contributed by atoms with Crippen LogP contribution in [0.25, 0.3) is 0 Å². The first kappa shape index (κ1) is 12.2. The van der Waals surface area contributed by atoms with Gasteiger partial charge < -0.3 is 14.4 Å². The van der Waals surface area contributed by atoms with Gasteiger partial charge in [0.2, 0.25) is 0 Å². The van der Waals surface area contributed by atoms with Crippen LogP contribution in [0, 0.1) is 13.8 Å². The van der Waals surface area contributed by atoms with Crippen molar-refractivity contribution in [3.63, 3.8) is 0 Å². The number of hydrogen-bond acceptors (Lipinski definition) is 4. The summed E-state index contributed by atoms with van der Waals surface area (Å²) < 4.78 is 10.4. The molecule has 0 unspecified atom stereocenters. The zero-order valence-corrected chi connectivity index (χ0v) is 10.1. The number of ether oxygens (including phenoxy) is 1. The first-order valence-corrected chi connectivity index (χ1v) is 5.46. The van der Waals surface area contributed by atoms with Crippen LogP contribution in [0.3, 0.4) is 0 Å². The number of rotatable bonds is 4. The second kappa shape index (κ2) is 4.91. The van der Waals surface area contributed by atoms with Crippen LogP contribution >= 0.6 is 0 Å². The Kier molecular flexibility index (Phi) is 3.32. The van der Waals surface area contributed by atoms with E-state index in [1.165, 1.54) is 6.07 Å². The summed E-state index contributed by atoms with van der Waals surface area (Å²) in [5, 5.41) is 12.1. The Morgan fingerprint density at radius 2 is 2.22 bits per heavy atom. The van der Waals surface area contributed by atoms with Crippen molar-refractivity contribution in [3.8, 4) is 5.75 Å². The predicted molar refractivity (Wildman–Crippen MR) is 63.7 cm³/mol. The van der Waals surface area contributed by atoms with Gasteiger partial charge in [0, 0.05) is 6.07 Å². The minimum absolute atomic E-state index is 0.116. The van der Waals surface area contributed by atoms with Crippen LogP contribution in [-0.4, -0.2) is 16.2 Å². The molecule has 0 amide bonds. The van der Waals surface area contributed by atoms with Crippen LogP contribution in [0.4, 0.5) is 0 Å². The fourth-order valence-electron chi connectivity index (χ4n) is 1.51. The van der Waals surface area contributed by atoms with Crippen molar-refractivity contribution in [3.05, 3.63) is 46.8 Å². The number of aromatic carboxylic acids is 1. The van der Waals surface area contributed by atoms with Crippen molar-refractivity contribution in [1.29, 1.82) is 0 Å². The molecular weight excluding hydrogens is 234 g/mol. The van der Waals surface area contributed by atoms with Gasteiger partial charge in [-0.1, -0.05) is 17.3 Å². The third kappa shape index (κ3) is 2.51. The molecule has 0 atom stereocenters. The van der Waals surface area contributed by atoms with E-state index in [1.54, 1.807) is 0 Å². The number of carbonyl (C=O) groups is 1. The Balaban J connectivity index is 2.07. The van der Waals surface area contributed by atoms with Gasteiger partial charge in [0.15, 0.2) is 11.5 Å². The van der Waals surface area contributed by atoms with E-state index in [1.807, 2.05) is 32.0 Å². The van der Waals surface area contributed by atoms with Crippen molar-refractivity contribution >= 4 is 5.97 Å². The van der Waals surface area contributed by atoms with Crippen LogP contribution in [0.1, 0.15) is 27.4 Å². The third-order valence-electron chi connectivity index (χ3n) is 2.70. The SMILES string of the molecule is Cc1cccc(OCc2cc(C(=O)O)no2)c1C. The van der Waals surface area contributed by atoms with Gasteiger partial charge in [0.05, 0.1) is 0 Å². The van der Waals surface area contributed by atoms with Gasteiger partial charge >= 0.3 is 5.97 Å². The van der Waals surface area contributed by atoms with E-state index in [4.69, 9.17) is 14.4 Å². The van der Waals surface area contributed by atoms with E-state index >= 15 is 0 Å². The number of aromatic nitrogens is 1. The molecule has 94 valence electrons. The number of carboxylic acid groups (broad SMARTS) is 1. The predicted octanol–water partition coefficient (Wildman–Crippen LogP) is 2.57. The van der Waals surface area contributed by atoms with Crippen LogP contribution in [0.2, 0.25) is 0 Å². The molecule has 5 heteroatoms. The summed E-state index contributed by atoms with van der Waals surface area (Å²) in [5.41, 5.74) is 2.07. The highest BCUT2D eigenvalue weighted by Crippen LogP contribution is 2.21. The zero-order valence-electron chi connectivity index (χ0n) is 10.1. The number of carboxylic acids is 1. The van der Waals surface area contributed by atoms with Crippen LogP contribution < -0.4 is 4.74 Å². The molecule has 0 fully saturated rings. The summed E-state index contributed by atoms with van der Waals surface area (Å²) in [4.78, 5) is 10.6. The minimum Gasteiger partial charge on any atom is -0.485 e. The lowest BCUT2D eigenvalue weighted by atomic mass is 10.1. The van der Waals surface area contributed by atoms with Gasteiger partial charge in [0.1, 0.15) is 12.4 Å². The molecule has 0 aliphatic heterocycles.